The number of halogens is 1. The van der Waals surface area contributed by atoms with E-state index in [0.29, 0.717) is 0 Å². The van der Waals surface area contributed by atoms with Crippen LogP contribution in [0.3, 0.4) is 0 Å². The molecule has 2 aromatic carbocycles. The van der Waals surface area contributed by atoms with Crippen molar-refractivity contribution < 1.29 is 4.74 Å². The van der Waals surface area contributed by atoms with Crippen molar-refractivity contribution in [3.05, 3.63) is 71.6 Å². The lowest BCUT2D eigenvalue weighted by molar-refractivity contribution is 0.414. The van der Waals surface area contributed by atoms with E-state index >= 15 is 0 Å². The monoisotopic (exact) mass is 259 g/mol. The Morgan fingerprint density at radius 3 is 2.67 bits per heavy atom. The van der Waals surface area contributed by atoms with Crippen LogP contribution in [0.2, 0.25) is 5.02 Å². The number of hydrogen-bond acceptors (Lipinski definition) is 1. The van der Waals surface area contributed by atoms with E-state index < -0.39 is 0 Å². The minimum absolute atomic E-state index is 0.144. The Kier molecular flexibility index (Phi) is 4.27. The summed E-state index contributed by atoms with van der Waals surface area (Å²) in [6, 6.07) is 15.9. The van der Waals surface area contributed by atoms with Gasteiger partial charge in [0.05, 0.1) is 7.11 Å². The molecule has 1 radical (unpaired) electrons. The van der Waals surface area contributed by atoms with Gasteiger partial charge in [-0.2, -0.15) is 0 Å². The smallest absolute Gasteiger partial charge is 0.119 e. The van der Waals surface area contributed by atoms with Crippen LogP contribution < -0.4 is 4.74 Å². The minimum atomic E-state index is 0.144. The summed E-state index contributed by atoms with van der Waals surface area (Å²) < 4.78 is 5.22. The molecule has 0 fully saturated rings. The highest BCUT2D eigenvalue weighted by molar-refractivity contribution is 6.31. The minimum Gasteiger partial charge on any atom is -0.497 e. The molecule has 0 aliphatic rings. The molecule has 93 valence electrons. The van der Waals surface area contributed by atoms with Gasteiger partial charge in [-0.25, -0.2) is 0 Å². The third kappa shape index (κ3) is 3.05. The van der Waals surface area contributed by atoms with E-state index in [2.05, 4.69) is 13.0 Å². The van der Waals surface area contributed by atoms with Crippen LogP contribution in [0.25, 0.3) is 0 Å². The Balaban J connectivity index is 2.16. The van der Waals surface area contributed by atoms with Crippen molar-refractivity contribution in [3.8, 4) is 5.75 Å². The van der Waals surface area contributed by atoms with Gasteiger partial charge in [-0.3, -0.25) is 0 Å². The van der Waals surface area contributed by atoms with Crippen LogP contribution in [0.15, 0.2) is 48.5 Å². The third-order valence-corrected chi connectivity index (χ3v) is 3.31. The van der Waals surface area contributed by atoms with Gasteiger partial charge in [-0.05, 0) is 48.6 Å². The number of hydrogen-bond donors (Lipinski definition) is 0. The first-order valence-electron chi connectivity index (χ1n) is 5.91. The van der Waals surface area contributed by atoms with Crippen LogP contribution in [-0.4, -0.2) is 7.11 Å². The van der Waals surface area contributed by atoms with Crippen LogP contribution in [0, 0.1) is 6.92 Å². The van der Waals surface area contributed by atoms with E-state index in [1.165, 1.54) is 5.56 Å². The number of benzene rings is 2. The second kappa shape index (κ2) is 5.92. The maximum absolute atomic E-state index is 6.18. The highest BCUT2D eigenvalue weighted by Gasteiger charge is 2.10. The Hall–Kier alpha value is -1.47. The van der Waals surface area contributed by atoms with Crippen LogP contribution in [-0.2, 0) is 6.42 Å². The molecule has 18 heavy (non-hydrogen) atoms. The van der Waals surface area contributed by atoms with E-state index in [9.17, 15) is 0 Å². The summed E-state index contributed by atoms with van der Waals surface area (Å²) in [7, 11) is 1.68. The average molecular weight is 260 g/mol. The van der Waals surface area contributed by atoms with Crippen molar-refractivity contribution in [1.82, 2.24) is 0 Å². The Bertz CT molecular complexity index is 522. The molecule has 0 saturated heterocycles. The highest BCUT2D eigenvalue weighted by atomic mass is 35.5. The zero-order chi connectivity index (χ0) is 13.0. The lowest BCUT2D eigenvalue weighted by Gasteiger charge is -2.14. The molecule has 2 heteroatoms. The van der Waals surface area contributed by atoms with Crippen LogP contribution in [0.5, 0.6) is 5.75 Å². The fraction of sp³-hybridized carbons (Fsp3) is 0.188. The van der Waals surface area contributed by atoms with Crippen molar-refractivity contribution in [2.45, 2.75) is 12.3 Å². The summed E-state index contributed by atoms with van der Waals surface area (Å²) in [6.07, 6.45) is 0.848. The van der Waals surface area contributed by atoms with E-state index in [-0.39, 0.29) is 5.92 Å². The zero-order valence-electron chi connectivity index (χ0n) is 10.4. The second-order valence-electron chi connectivity index (χ2n) is 4.27. The zero-order valence-corrected chi connectivity index (χ0v) is 11.2. The predicted octanol–water partition coefficient (Wildman–Crippen LogP) is 4.51. The molecule has 0 aliphatic heterocycles. The molecule has 2 aromatic rings. The Morgan fingerprint density at radius 2 is 1.94 bits per heavy atom. The molecule has 0 N–H and O–H groups in total. The maximum atomic E-state index is 6.18. The van der Waals surface area contributed by atoms with Gasteiger partial charge in [0.15, 0.2) is 0 Å². The molecule has 2 rings (SSSR count). The van der Waals surface area contributed by atoms with Crippen LogP contribution >= 0.6 is 11.6 Å². The molecule has 0 aromatic heterocycles. The van der Waals surface area contributed by atoms with E-state index in [0.717, 1.165) is 22.8 Å². The van der Waals surface area contributed by atoms with E-state index in [1.54, 1.807) is 7.11 Å². The van der Waals surface area contributed by atoms with Crippen molar-refractivity contribution in [1.29, 1.82) is 0 Å². The first-order chi connectivity index (χ1) is 8.70. The number of rotatable bonds is 4. The first kappa shape index (κ1) is 13.0. The largest absolute Gasteiger partial charge is 0.497 e. The molecular weight excluding hydrogens is 244 g/mol. The van der Waals surface area contributed by atoms with Gasteiger partial charge in [-0.1, -0.05) is 41.9 Å². The van der Waals surface area contributed by atoms with Crippen molar-refractivity contribution in [2.24, 2.45) is 0 Å². The number of methoxy groups -OCH3 is 1. The fourth-order valence-electron chi connectivity index (χ4n) is 2.00. The lowest BCUT2D eigenvalue weighted by Crippen LogP contribution is -2.00. The lowest BCUT2D eigenvalue weighted by atomic mass is 9.94. The SMILES string of the molecule is [CH2]C(Cc1cccc(OC)c1)c1ccccc1Cl. The normalized spacial score (nSPS) is 12.2. The standard InChI is InChI=1S/C16H16ClO/c1-12(15-8-3-4-9-16(15)17)10-13-6-5-7-14(11-13)18-2/h3-9,11-12H,1,10H2,2H3. The van der Waals surface area contributed by atoms with Crippen molar-refractivity contribution >= 4 is 11.6 Å². The van der Waals surface area contributed by atoms with Crippen LogP contribution in [0.4, 0.5) is 0 Å². The molecule has 1 unspecified atom stereocenters. The van der Waals surface area contributed by atoms with Gasteiger partial charge in [-0.15, -0.1) is 0 Å². The Labute approximate surface area is 113 Å². The molecule has 0 spiro atoms. The third-order valence-electron chi connectivity index (χ3n) is 2.96. The van der Waals surface area contributed by atoms with E-state index in [4.69, 9.17) is 16.3 Å². The maximum Gasteiger partial charge on any atom is 0.119 e. The first-order valence-corrected chi connectivity index (χ1v) is 6.29. The summed E-state index contributed by atoms with van der Waals surface area (Å²) in [5.41, 5.74) is 2.29. The van der Waals surface area contributed by atoms with Crippen molar-refractivity contribution in [2.75, 3.05) is 7.11 Å². The molecule has 1 nitrogen and oxygen atoms in total. The summed E-state index contributed by atoms with van der Waals surface area (Å²) in [4.78, 5) is 0. The van der Waals surface area contributed by atoms with E-state index in [1.807, 2.05) is 42.5 Å². The molecule has 0 saturated carbocycles. The topological polar surface area (TPSA) is 9.23 Å². The van der Waals surface area contributed by atoms with Gasteiger partial charge in [0, 0.05) is 5.02 Å². The summed E-state index contributed by atoms with van der Waals surface area (Å²) in [5.74, 6) is 1.02. The van der Waals surface area contributed by atoms with Gasteiger partial charge in [0.2, 0.25) is 0 Å². The van der Waals surface area contributed by atoms with Gasteiger partial charge >= 0.3 is 0 Å². The Morgan fingerprint density at radius 1 is 1.17 bits per heavy atom. The fourth-order valence-corrected chi connectivity index (χ4v) is 2.29. The molecule has 0 bridgehead atoms. The summed E-state index contributed by atoms with van der Waals surface area (Å²) in [5, 5.41) is 0.778. The molecule has 0 aliphatic carbocycles. The van der Waals surface area contributed by atoms with Crippen molar-refractivity contribution in [3.63, 3.8) is 0 Å². The van der Waals surface area contributed by atoms with Crippen LogP contribution in [0.1, 0.15) is 17.0 Å². The summed E-state index contributed by atoms with van der Waals surface area (Å²) in [6.45, 7) is 4.19. The average Bonchev–Trinajstić information content (AvgIpc) is 2.39. The number of ether oxygens (including phenoxy) is 1. The van der Waals surface area contributed by atoms with Gasteiger partial charge in [0.1, 0.15) is 5.75 Å². The molecule has 0 heterocycles. The molecule has 0 amide bonds. The quantitative estimate of drug-likeness (QED) is 0.785. The van der Waals surface area contributed by atoms with Gasteiger partial charge < -0.3 is 4.74 Å². The van der Waals surface area contributed by atoms with Gasteiger partial charge in [0.25, 0.3) is 0 Å². The molecule has 1 atom stereocenters. The highest BCUT2D eigenvalue weighted by Crippen LogP contribution is 2.27. The predicted molar refractivity (Wildman–Crippen MR) is 76.2 cm³/mol. The summed E-state index contributed by atoms with van der Waals surface area (Å²) >= 11 is 6.18. The second-order valence-corrected chi connectivity index (χ2v) is 4.68. The molecular formula is C16H16ClO.